The first-order valence-electron chi connectivity index (χ1n) is 5.71. The standard InChI is InChI=1S/C14H15N3O/c1-10-5-12(7-15-9-18)8-17-14(10)13-3-4-16-11(2)6-13/h3-8,18H,9H2,1-2H3. The SMILES string of the molecule is Cc1cc(-c2ncc(C=NCO)cc2C)ccn1. The maximum Gasteiger partial charge on any atom is 0.134 e. The highest BCUT2D eigenvalue weighted by Gasteiger charge is 2.04. The Morgan fingerprint density at radius 1 is 1.28 bits per heavy atom. The molecule has 0 aliphatic rings. The fourth-order valence-electron chi connectivity index (χ4n) is 1.81. The second-order valence-corrected chi connectivity index (χ2v) is 4.07. The molecule has 0 saturated heterocycles. The van der Waals surface area contributed by atoms with Crippen molar-refractivity contribution < 1.29 is 5.11 Å². The first-order valence-corrected chi connectivity index (χ1v) is 5.71. The fraction of sp³-hybridized carbons (Fsp3) is 0.214. The van der Waals surface area contributed by atoms with Crippen molar-refractivity contribution >= 4 is 6.21 Å². The molecule has 4 nitrogen and oxygen atoms in total. The van der Waals surface area contributed by atoms with Gasteiger partial charge in [-0.05, 0) is 37.6 Å². The van der Waals surface area contributed by atoms with E-state index in [0.29, 0.717) is 0 Å². The van der Waals surface area contributed by atoms with Crippen LogP contribution < -0.4 is 0 Å². The first-order chi connectivity index (χ1) is 8.70. The summed E-state index contributed by atoms with van der Waals surface area (Å²) in [4.78, 5) is 12.4. The van der Waals surface area contributed by atoms with Crippen LogP contribution in [0.4, 0.5) is 0 Å². The maximum absolute atomic E-state index is 8.63. The Hall–Kier alpha value is -2.07. The number of aliphatic hydroxyl groups excluding tert-OH is 1. The molecule has 18 heavy (non-hydrogen) atoms. The van der Waals surface area contributed by atoms with Crippen LogP contribution in [0.2, 0.25) is 0 Å². The molecule has 2 aromatic rings. The fourth-order valence-corrected chi connectivity index (χ4v) is 1.81. The van der Waals surface area contributed by atoms with E-state index in [2.05, 4.69) is 15.0 Å². The number of rotatable bonds is 3. The van der Waals surface area contributed by atoms with Gasteiger partial charge < -0.3 is 5.11 Å². The lowest BCUT2D eigenvalue weighted by molar-refractivity contribution is 0.310. The summed E-state index contributed by atoms with van der Waals surface area (Å²) in [6.45, 7) is 3.76. The van der Waals surface area contributed by atoms with Crippen LogP contribution in [0.3, 0.4) is 0 Å². The zero-order valence-corrected chi connectivity index (χ0v) is 10.5. The Morgan fingerprint density at radius 3 is 2.78 bits per heavy atom. The predicted molar refractivity (Wildman–Crippen MR) is 71.6 cm³/mol. The third-order valence-corrected chi connectivity index (χ3v) is 2.59. The minimum absolute atomic E-state index is 0.204. The number of aryl methyl sites for hydroxylation is 2. The van der Waals surface area contributed by atoms with Crippen molar-refractivity contribution in [2.45, 2.75) is 13.8 Å². The van der Waals surface area contributed by atoms with Crippen molar-refractivity contribution in [2.24, 2.45) is 4.99 Å². The second kappa shape index (κ2) is 5.51. The Morgan fingerprint density at radius 2 is 2.11 bits per heavy atom. The average molecular weight is 241 g/mol. The number of aliphatic hydroxyl groups is 1. The van der Waals surface area contributed by atoms with E-state index in [9.17, 15) is 0 Å². The van der Waals surface area contributed by atoms with E-state index in [-0.39, 0.29) is 6.73 Å². The number of hydrogen-bond acceptors (Lipinski definition) is 4. The van der Waals surface area contributed by atoms with E-state index >= 15 is 0 Å². The molecule has 1 N–H and O–H groups in total. The number of pyridine rings is 2. The van der Waals surface area contributed by atoms with Gasteiger partial charge in [0.2, 0.25) is 0 Å². The van der Waals surface area contributed by atoms with Crippen molar-refractivity contribution in [2.75, 3.05) is 6.73 Å². The number of aromatic nitrogens is 2. The monoisotopic (exact) mass is 241 g/mol. The molecular formula is C14H15N3O. The van der Waals surface area contributed by atoms with Crippen LogP contribution >= 0.6 is 0 Å². The molecule has 0 fully saturated rings. The lowest BCUT2D eigenvalue weighted by Gasteiger charge is -2.06. The van der Waals surface area contributed by atoms with Gasteiger partial charge >= 0.3 is 0 Å². The molecule has 0 bridgehead atoms. The van der Waals surface area contributed by atoms with Crippen LogP contribution in [-0.2, 0) is 0 Å². The van der Waals surface area contributed by atoms with E-state index in [1.54, 1.807) is 18.6 Å². The van der Waals surface area contributed by atoms with Gasteiger partial charge in [-0.2, -0.15) is 0 Å². The van der Waals surface area contributed by atoms with Crippen LogP contribution in [0.5, 0.6) is 0 Å². The summed E-state index contributed by atoms with van der Waals surface area (Å²) in [6, 6.07) is 5.96. The Balaban J connectivity index is 2.38. The van der Waals surface area contributed by atoms with Gasteiger partial charge in [-0.1, -0.05) is 0 Å². The molecule has 0 aliphatic heterocycles. The van der Waals surface area contributed by atoms with Crippen molar-refractivity contribution in [1.82, 2.24) is 9.97 Å². The summed E-state index contributed by atoms with van der Waals surface area (Å²) in [5, 5.41) is 8.63. The van der Waals surface area contributed by atoms with Crippen LogP contribution in [0.1, 0.15) is 16.8 Å². The Labute approximate surface area is 106 Å². The van der Waals surface area contributed by atoms with Crippen molar-refractivity contribution in [3.63, 3.8) is 0 Å². The Kier molecular flexibility index (Phi) is 3.79. The molecule has 0 spiro atoms. The van der Waals surface area contributed by atoms with E-state index < -0.39 is 0 Å². The molecule has 0 atom stereocenters. The van der Waals surface area contributed by atoms with E-state index in [1.165, 1.54) is 0 Å². The zero-order chi connectivity index (χ0) is 13.0. The van der Waals surface area contributed by atoms with Gasteiger partial charge in [0.15, 0.2) is 0 Å². The lowest BCUT2D eigenvalue weighted by Crippen LogP contribution is -1.93. The van der Waals surface area contributed by atoms with Crippen LogP contribution in [0.15, 0.2) is 35.6 Å². The van der Waals surface area contributed by atoms with Crippen LogP contribution in [0.25, 0.3) is 11.3 Å². The third kappa shape index (κ3) is 2.78. The largest absolute Gasteiger partial charge is 0.375 e. The lowest BCUT2D eigenvalue weighted by atomic mass is 10.1. The second-order valence-electron chi connectivity index (χ2n) is 4.07. The first kappa shape index (κ1) is 12.4. The molecule has 0 aromatic carbocycles. The van der Waals surface area contributed by atoms with E-state index in [0.717, 1.165) is 28.1 Å². The predicted octanol–water partition coefficient (Wildman–Crippen LogP) is 2.13. The topological polar surface area (TPSA) is 58.4 Å². The molecule has 2 rings (SSSR count). The van der Waals surface area contributed by atoms with Gasteiger partial charge in [0.25, 0.3) is 0 Å². The normalized spacial score (nSPS) is 11.1. The molecule has 0 radical (unpaired) electrons. The third-order valence-electron chi connectivity index (χ3n) is 2.59. The smallest absolute Gasteiger partial charge is 0.134 e. The number of hydrogen-bond donors (Lipinski definition) is 1. The summed E-state index contributed by atoms with van der Waals surface area (Å²) in [7, 11) is 0. The molecular weight excluding hydrogens is 226 g/mol. The zero-order valence-electron chi connectivity index (χ0n) is 10.5. The summed E-state index contributed by atoms with van der Waals surface area (Å²) in [5.41, 5.74) is 4.94. The quantitative estimate of drug-likeness (QED) is 0.837. The molecule has 2 heterocycles. The minimum Gasteiger partial charge on any atom is -0.375 e. The van der Waals surface area contributed by atoms with Gasteiger partial charge in [-0.25, -0.2) is 0 Å². The number of aliphatic imine (C=N–C) groups is 1. The molecule has 92 valence electrons. The minimum atomic E-state index is -0.204. The van der Waals surface area contributed by atoms with Crippen LogP contribution in [-0.4, -0.2) is 28.0 Å². The van der Waals surface area contributed by atoms with Gasteiger partial charge in [0, 0.05) is 35.4 Å². The highest BCUT2D eigenvalue weighted by atomic mass is 16.3. The highest BCUT2D eigenvalue weighted by molar-refractivity contribution is 5.80. The summed E-state index contributed by atoms with van der Waals surface area (Å²) in [6.07, 6.45) is 5.14. The molecule has 2 aromatic heterocycles. The van der Waals surface area contributed by atoms with Gasteiger partial charge in [-0.3, -0.25) is 15.0 Å². The van der Waals surface area contributed by atoms with Gasteiger partial charge in [-0.15, -0.1) is 0 Å². The van der Waals surface area contributed by atoms with Crippen molar-refractivity contribution in [3.05, 3.63) is 47.4 Å². The summed E-state index contributed by atoms with van der Waals surface area (Å²) < 4.78 is 0. The molecule has 0 saturated carbocycles. The molecule has 0 unspecified atom stereocenters. The van der Waals surface area contributed by atoms with E-state index in [4.69, 9.17) is 5.11 Å². The highest BCUT2D eigenvalue weighted by Crippen LogP contribution is 2.21. The molecule has 0 amide bonds. The Bertz CT molecular complexity index is 579. The molecule has 0 aliphatic carbocycles. The average Bonchev–Trinajstić information content (AvgIpc) is 2.36. The maximum atomic E-state index is 8.63. The summed E-state index contributed by atoms with van der Waals surface area (Å²) in [5.74, 6) is 0. The van der Waals surface area contributed by atoms with Gasteiger partial charge in [0.1, 0.15) is 6.73 Å². The number of nitrogens with zero attached hydrogens (tertiary/aromatic N) is 3. The van der Waals surface area contributed by atoms with Crippen molar-refractivity contribution in [3.8, 4) is 11.3 Å². The van der Waals surface area contributed by atoms with Crippen LogP contribution in [0, 0.1) is 13.8 Å². The van der Waals surface area contributed by atoms with E-state index in [1.807, 2.05) is 32.0 Å². The molecule has 4 heteroatoms. The summed E-state index contributed by atoms with van der Waals surface area (Å²) >= 11 is 0. The van der Waals surface area contributed by atoms with Crippen molar-refractivity contribution in [1.29, 1.82) is 0 Å². The van der Waals surface area contributed by atoms with Gasteiger partial charge in [0.05, 0.1) is 5.69 Å².